The molecule has 3 atom stereocenters. The van der Waals surface area contributed by atoms with E-state index in [0.29, 0.717) is 31.0 Å². The van der Waals surface area contributed by atoms with Gasteiger partial charge in [-0.25, -0.2) is 0 Å². The number of hydrogen-bond donors (Lipinski definition) is 1. The van der Waals surface area contributed by atoms with E-state index < -0.39 is 5.60 Å². The van der Waals surface area contributed by atoms with Gasteiger partial charge in [0.1, 0.15) is 0 Å². The Balaban J connectivity index is 1.50. The van der Waals surface area contributed by atoms with Gasteiger partial charge in [0, 0.05) is 36.4 Å². The Labute approximate surface area is 165 Å². The fraction of sp³-hybridized carbons (Fsp3) is 0.500. The first-order chi connectivity index (χ1) is 13.0. The lowest BCUT2D eigenvalue weighted by atomic mass is 9.71. The lowest BCUT2D eigenvalue weighted by molar-refractivity contribution is -0.143. The molecule has 5 heteroatoms. The zero-order chi connectivity index (χ0) is 18.9. The molecule has 144 valence electrons. The van der Waals surface area contributed by atoms with Crippen LogP contribution in [0, 0.1) is 5.92 Å². The molecule has 0 spiro atoms. The van der Waals surface area contributed by atoms with Crippen LogP contribution in [-0.4, -0.2) is 39.2 Å². The van der Waals surface area contributed by atoms with Crippen LogP contribution >= 0.6 is 11.6 Å². The van der Waals surface area contributed by atoms with Crippen LogP contribution in [0.3, 0.4) is 0 Å². The first kappa shape index (κ1) is 18.6. The Bertz CT molecular complexity index is 774. The zero-order valence-corrected chi connectivity index (χ0v) is 16.3. The molecule has 1 N–H and O–H groups in total. The Morgan fingerprint density at radius 1 is 1.19 bits per heavy atom. The fourth-order valence-electron chi connectivity index (χ4n) is 4.73. The largest absolute Gasteiger partial charge is 0.389 e. The van der Waals surface area contributed by atoms with Gasteiger partial charge in [-0.15, -0.1) is 0 Å². The number of rotatable bonds is 4. The quantitative estimate of drug-likeness (QED) is 0.852. The maximum Gasteiger partial charge on any atom is 0.225 e. The van der Waals surface area contributed by atoms with E-state index in [1.807, 2.05) is 53.7 Å². The third-order valence-corrected chi connectivity index (χ3v) is 6.64. The van der Waals surface area contributed by atoms with Crippen molar-refractivity contribution in [3.05, 3.63) is 59.4 Å². The summed E-state index contributed by atoms with van der Waals surface area (Å²) in [6.45, 7) is 1.35. The second-order valence-corrected chi connectivity index (χ2v) is 8.47. The molecule has 0 unspecified atom stereocenters. The van der Waals surface area contributed by atoms with Gasteiger partial charge in [-0.1, -0.05) is 36.6 Å². The summed E-state index contributed by atoms with van der Waals surface area (Å²) in [5, 5.41) is 11.6. The molecule has 27 heavy (non-hydrogen) atoms. The van der Waals surface area contributed by atoms with Crippen LogP contribution in [0.1, 0.15) is 50.1 Å². The molecule has 2 aromatic rings. The van der Waals surface area contributed by atoms with Crippen molar-refractivity contribution >= 4 is 17.5 Å². The van der Waals surface area contributed by atoms with Crippen molar-refractivity contribution < 1.29 is 9.90 Å². The van der Waals surface area contributed by atoms with Crippen LogP contribution in [0.5, 0.6) is 0 Å². The highest BCUT2D eigenvalue weighted by molar-refractivity contribution is 6.30. The number of carbonyl (C=O) groups is 1. The minimum Gasteiger partial charge on any atom is -0.389 e. The Hall–Kier alpha value is -1.78. The molecular weight excluding hydrogens is 360 g/mol. The van der Waals surface area contributed by atoms with Gasteiger partial charge in [0.25, 0.3) is 0 Å². The number of halogens is 1. The summed E-state index contributed by atoms with van der Waals surface area (Å²) < 4.78 is 2.09. The van der Waals surface area contributed by atoms with Crippen LogP contribution in [-0.2, 0) is 4.79 Å². The Kier molecular flexibility index (Phi) is 5.29. The van der Waals surface area contributed by atoms with Crippen LogP contribution in [0.25, 0.3) is 0 Å². The van der Waals surface area contributed by atoms with Gasteiger partial charge in [-0.3, -0.25) is 4.79 Å². The van der Waals surface area contributed by atoms with Crippen molar-refractivity contribution in [1.82, 2.24) is 9.47 Å². The fourth-order valence-corrected chi connectivity index (χ4v) is 4.85. The summed E-state index contributed by atoms with van der Waals surface area (Å²) in [6, 6.07) is 11.7. The zero-order valence-electron chi connectivity index (χ0n) is 15.6. The lowest BCUT2D eigenvalue weighted by Gasteiger charge is -2.47. The van der Waals surface area contributed by atoms with Gasteiger partial charge in [0.15, 0.2) is 0 Å². The van der Waals surface area contributed by atoms with Crippen LogP contribution in [0.4, 0.5) is 0 Å². The molecule has 1 aromatic heterocycles. The van der Waals surface area contributed by atoms with Gasteiger partial charge >= 0.3 is 0 Å². The van der Waals surface area contributed by atoms with E-state index in [-0.39, 0.29) is 17.9 Å². The summed E-state index contributed by atoms with van der Waals surface area (Å²) in [4.78, 5) is 15.1. The summed E-state index contributed by atoms with van der Waals surface area (Å²) in [5.74, 6) is 0.390. The molecule has 1 aliphatic heterocycles. The number of likely N-dealkylation sites (tertiary alicyclic amines) is 1. The number of nitrogens with zero attached hydrogens (tertiary/aromatic N) is 2. The maximum absolute atomic E-state index is 13.1. The van der Waals surface area contributed by atoms with E-state index in [2.05, 4.69) is 4.57 Å². The average Bonchev–Trinajstić information content (AvgIpc) is 3.20. The molecule has 2 fully saturated rings. The van der Waals surface area contributed by atoms with E-state index >= 15 is 0 Å². The SMILES string of the molecule is O=C(C[C@H](c1ccc(Cl)cc1)n1cccc1)N1CC[C@@]2(O)CCCC[C@H]2C1. The first-order valence-electron chi connectivity index (χ1n) is 9.93. The summed E-state index contributed by atoms with van der Waals surface area (Å²) in [5.41, 5.74) is 0.528. The topological polar surface area (TPSA) is 45.5 Å². The molecule has 2 heterocycles. The maximum atomic E-state index is 13.1. The third-order valence-electron chi connectivity index (χ3n) is 6.39. The highest BCUT2D eigenvalue weighted by Crippen LogP contribution is 2.40. The molecule has 1 aromatic carbocycles. The normalized spacial score (nSPS) is 26.4. The number of benzene rings is 1. The van der Waals surface area contributed by atoms with Crippen molar-refractivity contribution in [3.8, 4) is 0 Å². The molecule has 1 saturated carbocycles. The highest BCUT2D eigenvalue weighted by Gasteiger charge is 2.43. The monoisotopic (exact) mass is 386 g/mol. The summed E-state index contributed by atoms with van der Waals surface area (Å²) in [6.07, 6.45) is 9.30. The molecule has 4 nitrogen and oxygen atoms in total. The molecule has 1 amide bonds. The smallest absolute Gasteiger partial charge is 0.225 e. The van der Waals surface area contributed by atoms with Crippen LogP contribution < -0.4 is 0 Å². The van der Waals surface area contributed by atoms with E-state index in [1.165, 1.54) is 0 Å². The Morgan fingerprint density at radius 2 is 1.93 bits per heavy atom. The van der Waals surface area contributed by atoms with Crippen molar-refractivity contribution in [2.75, 3.05) is 13.1 Å². The minimum atomic E-state index is -0.551. The molecule has 0 bridgehead atoms. The van der Waals surface area contributed by atoms with Gasteiger partial charge in [0.05, 0.1) is 18.1 Å². The molecule has 2 aliphatic rings. The predicted octanol–water partition coefficient (Wildman–Crippen LogP) is 4.27. The number of fused-ring (bicyclic) bond motifs is 1. The van der Waals surface area contributed by atoms with Crippen molar-refractivity contribution in [3.63, 3.8) is 0 Å². The van der Waals surface area contributed by atoms with E-state index in [4.69, 9.17) is 11.6 Å². The molecule has 4 rings (SSSR count). The number of carbonyl (C=O) groups excluding carboxylic acids is 1. The number of aliphatic hydroxyl groups is 1. The van der Waals surface area contributed by atoms with Gasteiger partial charge in [-0.05, 0) is 49.1 Å². The van der Waals surface area contributed by atoms with Crippen LogP contribution in [0.2, 0.25) is 5.02 Å². The van der Waals surface area contributed by atoms with Crippen molar-refractivity contribution in [1.29, 1.82) is 0 Å². The van der Waals surface area contributed by atoms with Gasteiger partial charge in [-0.2, -0.15) is 0 Å². The average molecular weight is 387 g/mol. The molecule has 0 radical (unpaired) electrons. The molecule has 1 saturated heterocycles. The highest BCUT2D eigenvalue weighted by atomic mass is 35.5. The second-order valence-electron chi connectivity index (χ2n) is 8.04. The van der Waals surface area contributed by atoms with Gasteiger partial charge in [0.2, 0.25) is 5.91 Å². The Morgan fingerprint density at radius 3 is 2.67 bits per heavy atom. The lowest BCUT2D eigenvalue weighted by Crippen LogP contribution is -2.54. The van der Waals surface area contributed by atoms with Crippen LogP contribution in [0.15, 0.2) is 48.8 Å². The number of aromatic nitrogens is 1. The van der Waals surface area contributed by atoms with Crippen molar-refractivity contribution in [2.45, 2.75) is 50.2 Å². The van der Waals surface area contributed by atoms with E-state index in [9.17, 15) is 9.90 Å². The second kappa shape index (κ2) is 7.69. The molecular formula is C22H27ClN2O2. The third kappa shape index (κ3) is 3.92. The van der Waals surface area contributed by atoms with E-state index in [0.717, 1.165) is 31.2 Å². The predicted molar refractivity (Wildman–Crippen MR) is 107 cm³/mol. The summed E-state index contributed by atoms with van der Waals surface area (Å²) >= 11 is 6.04. The summed E-state index contributed by atoms with van der Waals surface area (Å²) in [7, 11) is 0. The first-order valence-corrected chi connectivity index (χ1v) is 10.3. The van der Waals surface area contributed by atoms with Gasteiger partial charge < -0.3 is 14.6 Å². The number of amides is 1. The number of hydrogen-bond acceptors (Lipinski definition) is 2. The minimum absolute atomic E-state index is 0.0445. The van der Waals surface area contributed by atoms with Crippen molar-refractivity contribution in [2.24, 2.45) is 5.92 Å². The standard InChI is InChI=1S/C22H27ClN2O2/c23-19-8-6-17(7-9-19)20(24-12-3-4-13-24)15-21(26)25-14-11-22(27)10-2-1-5-18(22)16-25/h3-4,6-9,12-13,18,20,27H,1-2,5,10-11,14-16H2/t18-,20+,22-/m0/s1. The molecule has 1 aliphatic carbocycles. The number of piperidine rings is 1. The van der Waals surface area contributed by atoms with E-state index in [1.54, 1.807) is 0 Å².